The molecule has 1 aromatic heterocycles. The van der Waals surface area contributed by atoms with Crippen molar-refractivity contribution in [1.29, 1.82) is 0 Å². The first-order valence-corrected chi connectivity index (χ1v) is 9.68. The third-order valence-corrected chi connectivity index (χ3v) is 6.64. The minimum atomic E-state index is -0.861. The summed E-state index contributed by atoms with van der Waals surface area (Å²) in [5.74, 6) is 0.0948. The van der Waals surface area contributed by atoms with Gasteiger partial charge in [0.25, 0.3) is 0 Å². The van der Waals surface area contributed by atoms with E-state index >= 15 is 0 Å². The van der Waals surface area contributed by atoms with Gasteiger partial charge < -0.3 is 14.9 Å². The zero-order chi connectivity index (χ0) is 18.2. The van der Waals surface area contributed by atoms with Crippen LogP contribution in [0.5, 0.6) is 0 Å². The van der Waals surface area contributed by atoms with Crippen molar-refractivity contribution in [1.82, 2.24) is 4.98 Å². The van der Waals surface area contributed by atoms with E-state index in [0.29, 0.717) is 13.2 Å². The summed E-state index contributed by atoms with van der Waals surface area (Å²) in [6, 6.07) is 9.85. The number of ether oxygens (including phenoxy) is 1. The van der Waals surface area contributed by atoms with Crippen LogP contribution in [0.15, 0.2) is 47.6 Å². The highest BCUT2D eigenvalue weighted by molar-refractivity contribution is 7.99. The number of carboxylic acids is 1. The molecule has 2 heterocycles. The summed E-state index contributed by atoms with van der Waals surface area (Å²) >= 11 is 1.71. The number of hydrogen-bond acceptors (Lipinski definition) is 5. The summed E-state index contributed by atoms with van der Waals surface area (Å²) in [6.45, 7) is 0.679. The lowest BCUT2D eigenvalue weighted by Crippen LogP contribution is -2.46. The van der Waals surface area contributed by atoms with Crippen LogP contribution in [0, 0.1) is 5.41 Å². The number of carbonyl (C=O) groups is 1. The molecule has 6 heteroatoms. The smallest absolute Gasteiger partial charge is 0.303 e. The van der Waals surface area contributed by atoms with Crippen LogP contribution in [-0.2, 0) is 15.1 Å². The molecule has 1 saturated heterocycles. The molecule has 2 N–H and O–H groups in total. The monoisotopic (exact) mass is 371 g/mol. The van der Waals surface area contributed by atoms with Crippen LogP contribution in [0.25, 0.3) is 11.1 Å². The molecule has 1 aliphatic heterocycles. The second kappa shape index (κ2) is 6.68. The van der Waals surface area contributed by atoms with Gasteiger partial charge in [0.2, 0.25) is 0 Å². The molecule has 2 aliphatic rings. The number of aromatic nitrogens is 1. The molecule has 1 aliphatic carbocycles. The molecule has 0 atom stereocenters. The van der Waals surface area contributed by atoms with Crippen LogP contribution < -0.4 is 0 Å². The minimum Gasteiger partial charge on any atom is -0.481 e. The highest BCUT2D eigenvalue weighted by Gasteiger charge is 2.44. The Balaban J connectivity index is 1.51. The zero-order valence-corrected chi connectivity index (χ0v) is 15.2. The second-order valence-electron chi connectivity index (χ2n) is 7.33. The molecule has 2 fully saturated rings. The summed E-state index contributed by atoms with van der Waals surface area (Å²) in [5.41, 5.74) is 2.03. The van der Waals surface area contributed by atoms with E-state index in [2.05, 4.69) is 4.98 Å². The van der Waals surface area contributed by atoms with E-state index in [1.54, 1.807) is 18.0 Å². The SMILES string of the molecule is O=C(O)CC1(CSc2ccncc2-c2ccc(C3(O)COC3)cc2)CC1. The quantitative estimate of drug-likeness (QED) is 0.727. The van der Waals surface area contributed by atoms with Gasteiger partial charge >= 0.3 is 5.97 Å². The van der Waals surface area contributed by atoms with E-state index in [-0.39, 0.29) is 11.8 Å². The normalized spacial score (nSPS) is 19.6. The fourth-order valence-corrected chi connectivity index (χ4v) is 4.58. The lowest BCUT2D eigenvalue weighted by Gasteiger charge is -2.36. The summed E-state index contributed by atoms with van der Waals surface area (Å²) in [6.07, 6.45) is 5.83. The number of carboxylic acid groups (broad SMARTS) is 1. The molecule has 0 unspecified atom stereocenters. The predicted octanol–water partition coefficient (Wildman–Crippen LogP) is 3.31. The first-order chi connectivity index (χ1) is 12.5. The highest BCUT2D eigenvalue weighted by atomic mass is 32.2. The number of thioether (sulfide) groups is 1. The van der Waals surface area contributed by atoms with E-state index in [4.69, 9.17) is 9.84 Å². The van der Waals surface area contributed by atoms with E-state index in [9.17, 15) is 9.90 Å². The number of benzene rings is 1. The Kier molecular flexibility index (Phi) is 4.50. The number of hydrogen-bond donors (Lipinski definition) is 2. The number of nitrogens with zero attached hydrogens (tertiary/aromatic N) is 1. The number of aliphatic hydroxyl groups is 1. The summed E-state index contributed by atoms with van der Waals surface area (Å²) in [7, 11) is 0. The summed E-state index contributed by atoms with van der Waals surface area (Å²) in [4.78, 5) is 16.4. The average Bonchev–Trinajstić information content (AvgIpc) is 3.37. The van der Waals surface area contributed by atoms with Gasteiger partial charge in [0.15, 0.2) is 0 Å². The molecule has 0 radical (unpaired) electrons. The van der Waals surface area contributed by atoms with Gasteiger partial charge in [0, 0.05) is 28.6 Å². The fourth-order valence-electron chi connectivity index (χ4n) is 3.25. The van der Waals surface area contributed by atoms with Crippen molar-refractivity contribution < 1.29 is 19.7 Å². The lowest BCUT2D eigenvalue weighted by molar-refractivity contribution is -0.184. The van der Waals surface area contributed by atoms with Gasteiger partial charge in [-0.05, 0) is 35.4 Å². The van der Waals surface area contributed by atoms with Crippen LogP contribution in [0.3, 0.4) is 0 Å². The molecule has 5 nitrogen and oxygen atoms in total. The Labute approximate surface area is 156 Å². The summed E-state index contributed by atoms with van der Waals surface area (Å²) in [5, 5.41) is 19.4. The lowest BCUT2D eigenvalue weighted by atomic mass is 9.91. The van der Waals surface area contributed by atoms with Gasteiger partial charge in [-0.25, -0.2) is 0 Å². The van der Waals surface area contributed by atoms with Gasteiger partial charge in [0.1, 0.15) is 5.60 Å². The maximum atomic E-state index is 11.0. The van der Waals surface area contributed by atoms with Crippen molar-refractivity contribution in [3.63, 3.8) is 0 Å². The number of rotatable bonds is 7. The maximum absolute atomic E-state index is 11.0. The highest BCUT2D eigenvalue weighted by Crippen LogP contribution is 2.52. The summed E-state index contributed by atoms with van der Waals surface area (Å²) < 4.78 is 5.12. The van der Waals surface area contributed by atoms with E-state index < -0.39 is 11.6 Å². The molecule has 0 bridgehead atoms. The molecule has 1 aromatic carbocycles. The molecule has 4 rings (SSSR count). The van der Waals surface area contributed by atoms with Crippen molar-refractivity contribution >= 4 is 17.7 Å². The third kappa shape index (κ3) is 3.49. The topological polar surface area (TPSA) is 79.7 Å². The molecular formula is C20H21NO4S. The molecule has 26 heavy (non-hydrogen) atoms. The first-order valence-electron chi connectivity index (χ1n) is 8.69. The van der Waals surface area contributed by atoms with Crippen LogP contribution in [0.1, 0.15) is 24.8 Å². The van der Waals surface area contributed by atoms with E-state index in [1.807, 2.05) is 36.5 Å². The molecule has 0 spiro atoms. The number of pyridine rings is 1. The van der Waals surface area contributed by atoms with Gasteiger partial charge in [-0.1, -0.05) is 24.3 Å². The van der Waals surface area contributed by atoms with Gasteiger partial charge in [-0.2, -0.15) is 0 Å². The van der Waals surface area contributed by atoms with Crippen LogP contribution in [-0.4, -0.2) is 40.1 Å². The Hall–Kier alpha value is -1.89. The van der Waals surface area contributed by atoms with Crippen molar-refractivity contribution in [2.45, 2.75) is 29.8 Å². The fraction of sp³-hybridized carbons (Fsp3) is 0.400. The zero-order valence-electron chi connectivity index (χ0n) is 14.4. The second-order valence-corrected chi connectivity index (χ2v) is 8.35. The van der Waals surface area contributed by atoms with Crippen LogP contribution >= 0.6 is 11.8 Å². The van der Waals surface area contributed by atoms with Gasteiger partial charge in [0.05, 0.1) is 19.6 Å². The maximum Gasteiger partial charge on any atom is 0.303 e. The van der Waals surface area contributed by atoms with Crippen molar-refractivity contribution in [3.8, 4) is 11.1 Å². The Morgan fingerprint density at radius 2 is 1.92 bits per heavy atom. The predicted molar refractivity (Wildman–Crippen MR) is 99.0 cm³/mol. The molecule has 0 amide bonds. The standard InChI is InChI=1S/C20H21NO4S/c22-18(23)9-19(6-7-19)13-26-17-5-8-21-10-16(17)14-1-3-15(4-2-14)20(24)11-25-12-20/h1-5,8,10,24H,6-7,9,11-13H2,(H,22,23). The van der Waals surface area contributed by atoms with E-state index in [1.165, 1.54) is 0 Å². The van der Waals surface area contributed by atoms with Gasteiger partial charge in [-0.3, -0.25) is 9.78 Å². The Morgan fingerprint density at radius 1 is 1.19 bits per heavy atom. The van der Waals surface area contributed by atoms with Crippen molar-refractivity contribution in [2.75, 3.05) is 19.0 Å². The molecular weight excluding hydrogens is 350 g/mol. The third-order valence-electron chi connectivity index (χ3n) is 5.21. The van der Waals surface area contributed by atoms with Crippen molar-refractivity contribution in [3.05, 3.63) is 48.3 Å². The van der Waals surface area contributed by atoms with Crippen molar-refractivity contribution in [2.24, 2.45) is 5.41 Å². The van der Waals surface area contributed by atoms with E-state index in [0.717, 1.165) is 40.2 Å². The molecule has 1 saturated carbocycles. The Morgan fingerprint density at radius 3 is 2.50 bits per heavy atom. The number of aliphatic carboxylic acids is 1. The Bertz CT molecular complexity index is 813. The first kappa shape index (κ1) is 17.5. The van der Waals surface area contributed by atoms with Gasteiger partial charge in [-0.15, -0.1) is 11.8 Å². The molecule has 2 aromatic rings. The minimum absolute atomic E-state index is 0.0472. The van der Waals surface area contributed by atoms with Crippen LogP contribution in [0.4, 0.5) is 0 Å². The average molecular weight is 371 g/mol. The molecule has 136 valence electrons. The van der Waals surface area contributed by atoms with Crippen LogP contribution in [0.2, 0.25) is 0 Å². The largest absolute Gasteiger partial charge is 0.481 e.